The molecule has 30 heavy (non-hydrogen) atoms. The highest BCUT2D eigenvalue weighted by Gasteiger charge is 2.17. The molecule has 3 rings (SSSR count). The number of hydrazone groups is 1. The SMILES string of the molecule is CCC1C=CC(c2ccc(NC(=O)Cc3ccc(F)cc3)c(F)c2)=CN1/N=C(/C)N. The Morgan fingerprint density at radius 3 is 2.57 bits per heavy atom. The Balaban J connectivity index is 1.74. The first kappa shape index (κ1) is 21.2. The van der Waals surface area contributed by atoms with E-state index < -0.39 is 5.82 Å². The molecule has 0 saturated carbocycles. The second-order valence-electron chi connectivity index (χ2n) is 7.09. The Kier molecular flexibility index (Phi) is 6.61. The average molecular weight is 410 g/mol. The van der Waals surface area contributed by atoms with E-state index in [0.29, 0.717) is 17.0 Å². The van der Waals surface area contributed by atoms with Crippen LogP contribution in [0.4, 0.5) is 14.5 Å². The fraction of sp³-hybridized carbons (Fsp3) is 0.217. The number of nitrogens with one attached hydrogen (secondary N) is 1. The van der Waals surface area contributed by atoms with Crippen molar-refractivity contribution < 1.29 is 13.6 Å². The fourth-order valence-corrected chi connectivity index (χ4v) is 3.14. The Bertz CT molecular complexity index is 1010. The largest absolute Gasteiger partial charge is 0.386 e. The molecule has 0 aliphatic carbocycles. The predicted octanol–water partition coefficient (Wildman–Crippen LogP) is 4.43. The average Bonchev–Trinajstić information content (AvgIpc) is 2.71. The molecule has 7 heteroatoms. The highest BCUT2D eigenvalue weighted by molar-refractivity contribution is 5.92. The summed E-state index contributed by atoms with van der Waals surface area (Å²) in [6, 6.07) is 10.3. The fourth-order valence-electron chi connectivity index (χ4n) is 3.14. The molecule has 0 saturated heterocycles. The van der Waals surface area contributed by atoms with Crippen molar-refractivity contribution in [2.75, 3.05) is 5.32 Å². The zero-order valence-electron chi connectivity index (χ0n) is 16.9. The van der Waals surface area contributed by atoms with E-state index in [2.05, 4.69) is 10.4 Å². The van der Waals surface area contributed by atoms with Crippen LogP contribution in [-0.4, -0.2) is 22.8 Å². The number of benzene rings is 2. The van der Waals surface area contributed by atoms with Crippen LogP contribution in [0.5, 0.6) is 0 Å². The lowest BCUT2D eigenvalue weighted by Gasteiger charge is -2.27. The number of nitrogens with zero attached hydrogens (tertiary/aromatic N) is 2. The monoisotopic (exact) mass is 410 g/mol. The van der Waals surface area contributed by atoms with Crippen LogP contribution >= 0.6 is 0 Å². The molecule has 0 fully saturated rings. The summed E-state index contributed by atoms with van der Waals surface area (Å²) in [5.41, 5.74) is 7.89. The van der Waals surface area contributed by atoms with Crippen LogP contribution in [0.2, 0.25) is 0 Å². The Morgan fingerprint density at radius 1 is 1.20 bits per heavy atom. The molecular formula is C23H24F2N4O. The molecule has 2 aromatic rings. The van der Waals surface area contributed by atoms with E-state index in [9.17, 15) is 13.6 Å². The van der Waals surface area contributed by atoms with Crippen LogP contribution in [0.15, 0.2) is 65.9 Å². The molecule has 1 aliphatic heterocycles. The van der Waals surface area contributed by atoms with Gasteiger partial charge in [-0.3, -0.25) is 9.80 Å². The lowest BCUT2D eigenvalue weighted by molar-refractivity contribution is -0.115. The number of hydrogen-bond acceptors (Lipinski definition) is 3. The molecule has 3 N–H and O–H groups in total. The van der Waals surface area contributed by atoms with Gasteiger partial charge < -0.3 is 11.1 Å². The summed E-state index contributed by atoms with van der Waals surface area (Å²) in [7, 11) is 0. The number of amides is 1. The molecule has 1 atom stereocenters. The number of carbonyl (C=O) groups is 1. The smallest absolute Gasteiger partial charge is 0.228 e. The third-order valence-electron chi connectivity index (χ3n) is 4.66. The van der Waals surface area contributed by atoms with Crippen molar-refractivity contribution in [3.63, 3.8) is 0 Å². The van der Waals surface area contributed by atoms with Crippen LogP contribution < -0.4 is 11.1 Å². The van der Waals surface area contributed by atoms with E-state index in [-0.39, 0.29) is 29.9 Å². The van der Waals surface area contributed by atoms with E-state index in [1.54, 1.807) is 18.0 Å². The second kappa shape index (κ2) is 9.35. The maximum atomic E-state index is 14.6. The van der Waals surface area contributed by atoms with Gasteiger partial charge in [0.2, 0.25) is 5.91 Å². The zero-order valence-corrected chi connectivity index (χ0v) is 16.9. The predicted molar refractivity (Wildman–Crippen MR) is 115 cm³/mol. The van der Waals surface area contributed by atoms with Crippen molar-refractivity contribution in [1.82, 2.24) is 5.01 Å². The molecular weight excluding hydrogens is 386 g/mol. The quantitative estimate of drug-likeness (QED) is 0.547. The summed E-state index contributed by atoms with van der Waals surface area (Å²) in [5, 5.41) is 8.64. The van der Waals surface area contributed by atoms with E-state index in [1.165, 1.54) is 36.4 Å². The van der Waals surface area contributed by atoms with Gasteiger partial charge in [0.1, 0.15) is 17.5 Å². The van der Waals surface area contributed by atoms with E-state index in [1.807, 2.05) is 25.3 Å². The lowest BCUT2D eigenvalue weighted by atomic mass is 10.0. The summed E-state index contributed by atoms with van der Waals surface area (Å²) in [4.78, 5) is 12.2. The van der Waals surface area contributed by atoms with Crippen LogP contribution in [0, 0.1) is 11.6 Å². The van der Waals surface area contributed by atoms with Gasteiger partial charge in [-0.05, 0) is 54.3 Å². The van der Waals surface area contributed by atoms with Crippen molar-refractivity contribution in [3.05, 3.63) is 83.6 Å². The number of anilines is 1. The number of nitrogens with two attached hydrogens (primary N) is 1. The van der Waals surface area contributed by atoms with Crippen LogP contribution in [0.25, 0.3) is 5.57 Å². The van der Waals surface area contributed by atoms with Crippen LogP contribution in [0.3, 0.4) is 0 Å². The van der Waals surface area contributed by atoms with Gasteiger partial charge in [0.15, 0.2) is 0 Å². The van der Waals surface area contributed by atoms with Crippen LogP contribution in [0.1, 0.15) is 31.4 Å². The van der Waals surface area contributed by atoms with Crippen molar-refractivity contribution in [2.24, 2.45) is 10.8 Å². The third kappa shape index (κ3) is 5.31. The zero-order chi connectivity index (χ0) is 21.7. The molecule has 1 aliphatic rings. The molecule has 0 aromatic heterocycles. The van der Waals surface area contributed by atoms with Gasteiger partial charge in [-0.15, -0.1) is 0 Å². The first-order valence-corrected chi connectivity index (χ1v) is 9.69. The molecule has 0 bridgehead atoms. The Labute approximate surface area is 174 Å². The van der Waals surface area contributed by atoms with Gasteiger partial charge in [-0.2, -0.15) is 5.10 Å². The number of rotatable bonds is 6. The number of halogens is 2. The maximum Gasteiger partial charge on any atom is 0.228 e. The summed E-state index contributed by atoms with van der Waals surface area (Å²) in [6.45, 7) is 3.76. The maximum absolute atomic E-state index is 14.6. The first-order chi connectivity index (χ1) is 14.4. The van der Waals surface area contributed by atoms with Gasteiger partial charge in [0.25, 0.3) is 0 Å². The van der Waals surface area contributed by atoms with Gasteiger partial charge in [0, 0.05) is 6.20 Å². The summed E-state index contributed by atoms with van der Waals surface area (Å²) in [6.07, 6.45) is 6.63. The summed E-state index contributed by atoms with van der Waals surface area (Å²) >= 11 is 0. The minimum Gasteiger partial charge on any atom is -0.386 e. The highest BCUT2D eigenvalue weighted by Crippen LogP contribution is 2.27. The molecule has 0 spiro atoms. The number of hydrogen-bond donors (Lipinski definition) is 2. The topological polar surface area (TPSA) is 70.7 Å². The van der Waals surface area contributed by atoms with E-state index >= 15 is 0 Å². The Morgan fingerprint density at radius 2 is 1.93 bits per heavy atom. The van der Waals surface area contributed by atoms with Gasteiger partial charge in [-0.25, -0.2) is 8.78 Å². The second-order valence-corrected chi connectivity index (χ2v) is 7.09. The Hall–Kier alpha value is -3.48. The van der Waals surface area contributed by atoms with E-state index in [0.717, 1.165) is 12.0 Å². The third-order valence-corrected chi connectivity index (χ3v) is 4.66. The molecule has 1 unspecified atom stereocenters. The van der Waals surface area contributed by atoms with E-state index in [4.69, 9.17) is 5.73 Å². The van der Waals surface area contributed by atoms with Crippen molar-refractivity contribution in [3.8, 4) is 0 Å². The van der Waals surface area contributed by atoms with Crippen molar-refractivity contribution in [1.29, 1.82) is 0 Å². The van der Waals surface area contributed by atoms with Crippen molar-refractivity contribution >= 4 is 23.0 Å². The van der Waals surface area contributed by atoms with Crippen molar-refractivity contribution in [2.45, 2.75) is 32.7 Å². The van der Waals surface area contributed by atoms with Gasteiger partial charge in [0.05, 0.1) is 18.2 Å². The number of carbonyl (C=O) groups excluding carboxylic acids is 1. The number of allylic oxidation sites excluding steroid dienone is 2. The molecule has 1 amide bonds. The lowest BCUT2D eigenvalue weighted by Crippen LogP contribution is -2.28. The minimum atomic E-state index is -0.545. The van der Waals surface area contributed by atoms with Gasteiger partial charge in [-0.1, -0.05) is 37.3 Å². The number of amidine groups is 1. The minimum absolute atomic E-state index is 0.0270. The molecule has 1 heterocycles. The highest BCUT2D eigenvalue weighted by atomic mass is 19.1. The summed E-state index contributed by atoms with van der Waals surface area (Å²) in [5.74, 6) is -0.862. The standard InChI is InChI=1S/C23H24F2N4O/c1-3-20-10-6-18(14-29(20)28-15(2)26)17-7-11-22(21(25)13-17)27-23(30)12-16-4-8-19(24)9-5-16/h4-11,13-14,20H,3,12H2,1-2H3,(H2,26,28)(H,27,30). The van der Waals surface area contributed by atoms with Crippen LogP contribution in [-0.2, 0) is 11.2 Å². The molecule has 5 nitrogen and oxygen atoms in total. The molecule has 0 radical (unpaired) electrons. The first-order valence-electron chi connectivity index (χ1n) is 9.69. The molecule has 2 aromatic carbocycles. The summed E-state index contributed by atoms with van der Waals surface area (Å²) < 4.78 is 27.6. The normalized spacial score (nSPS) is 16.4. The van der Waals surface area contributed by atoms with Gasteiger partial charge >= 0.3 is 0 Å². The molecule has 156 valence electrons.